The zero-order chi connectivity index (χ0) is 14.5. The van der Waals surface area contributed by atoms with Crippen molar-refractivity contribution in [3.05, 3.63) is 54.1 Å². The van der Waals surface area contributed by atoms with Gasteiger partial charge in [0.25, 0.3) is 0 Å². The predicted octanol–water partition coefficient (Wildman–Crippen LogP) is 3.23. The smallest absolute Gasteiger partial charge is 0.138 e. The molecule has 21 heavy (non-hydrogen) atoms. The van der Waals surface area contributed by atoms with Crippen molar-refractivity contribution in [3.8, 4) is 17.2 Å². The van der Waals surface area contributed by atoms with Gasteiger partial charge in [0.1, 0.15) is 23.1 Å². The Morgan fingerprint density at radius 3 is 2.48 bits per heavy atom. The topological polar surface area (TPSA) is 42.9 Å². The minimum Gasteiger partial charge on any atom is -0.497 e. The van der Waals surface area contributed by atoms with Crippen LogP contribution < -0.4 is 14.8 Å². The van der Waals surface area contributed by atoms with Crippen LogP contribution in [0.25, 0.3) is 0 Å². The van der Waals surface area contributed by atoms with Crippen molar-refractivity contribution in [3.63, 3.8) is 0 Å². The summed E-state index contributed by atoms with van der Waals surface area (Å²) < 4.78 is 11.1. The van der Waals surface area contributed by atoms with Gasteiger partial charge in [0.05, 0.1) is 12.7 Å². The van der Waals surface area contributed by atoms with E-state index in [2.05, 4.69) is 10.3 Å². The fourth-order valence-corrected chi connectivity index (χ4v) is 2.24. The fraction of sp³-hybridized carbons (Fsp3) is 0.235. The van der Waals surface area contributed by atoms with Crippen molar-refractivity contribution >= 4 is 5.84 Å². The normalized spacial score (nSPS) is 14.0. The molecule has 1 aliphatic heterocycles. The first-order chi connectivity index (χ1) is 10.4. The first kappa shape index (κ1) is 13.5. The molecule has 0 bridgehead atoms. The molecule has 1 N–H and O–H groups in total. The molecule has 3 rings (SSSR count). The summed E-state index contributed by atoms with van der Waals surface area (Å²) in [4.78, 5) is 4.53. The Morgan fingerprint density at radius 1 is 1.00 bits per heavy atom. The zero-order valence-electron chi connectivity index (χ0n) is 12.0. The Hall–Kier alpha value is -2.49. The Balaban J connectivity index is 1.86. The standard InChI is InChI=1S/C17H18N2O2/c1-20-13-7-9-14(10-8-13)21-16-6-3-2-5-15(16)17-18-11-4-12-19-17/h2-3,5-10H,4,11-12H2,1H3,(H,18,19). The van der Waals surface area contributed by atoms with E-state index in [-0.39, 0.29) is 0 Å². The SMILES string of the molecule is COc1ccc(Oc2ccccc2C2=NCCCN2)cc1. The van der Waals surface area contributed by atoms with Gasteiger partial charge < -0.3 is 14.8 Å². The number of rotatable bonds is 4. The first-order valence-corrected chi connectivity index (χ1v) is 7.06. The third kappa shape index (κ3) is 3.16. The average Bonchev–Trinajstić information content (AvgIpc) is 2.57. The lowest BCUT2D eigenvalue weighted by molar-refractivity contribution is 0.413. The molecule has 0 unspecified atom stereocenters. The van der Waals surface area contributed by atoms with E-state index >= 15 is 0 Å². The monoisotopic (exact) mass is 282 g/mol. The summed E-state index contributed by atoms with van der Waals surface area (Å²) in [7, 11) is 1.65. The number of hydrogen-bond acceptors (Lipinski definition) is 4. The van der Waals surface area contributed by atoms with Gasteiger partial charge in [-0.05, 0) is 42.8 Å². The third-order valence-electron chi connectivity index (χ3n) is 3.33. The summed E-state index contributed by atoms with van der Waals surface area (Å²) in [6, 6.07) is 15.5. The van der Waals surface area contributed by atoms with Crippen LogP contribution in [0.4, 0.5) is 0 Å². The largest absolute Gasteiger partial charge is 0.497 e. The molecule has 0 spiro atoms. The average molecular weight is 282 g/mol. The molecule has 1 heterocycles. The van der Waals surface area contributed by atoms with E-state index < -0.39 is 0 Å². The lowest BCUT2D eigenvalue weighted by atomic mass is 10.1. The van der Waals surface area contributed by atoms with Crippen LogP contribution in [-0.4, -0.2) is 26.0 Å². The zero-order valence-corrected chi connectivity index (χ0v) is 12.0. The second-order valence-corrected chi connectivity index (χ2v) is 4.78. The van der Waals surface area contributed by atoms with E-state index in [4.69, 9.17) is 9.47 Å². The summed E-state index contributed by atoms with van der Waals surface area (Å²) >= 11 is 0. The highest BCUT2D eigenvalue weighted by atomic mass is 16.5. The number of para-hydroxylation sites is 1. The molecular formula is C17H18N2O2. The van der Waals surface area contributed by atoms with E-state index in [1.165, 1.54) is 0 Å². The second kappa shape index (κ2) is 6.31. The van der Waals surface area contributed by atoms with Gasteiger partial charge in [-0.3, -0.25) is 4.99 Å². The first-order valence-electron chi connectivity index (χ1n) is 7.06. The van der Waals surface area contributed by atoms with Crippen LogP contribution in [0.5, 0.6) is 17.2 Å². The molecule has 2 aromatic carbocycles. The van der Waals surface area contributed by atoms with Crippen molar-refractivity contribution in [1.29, 1.82) is 0 Å². The van der Waals surface area contributed by atoms with Crippen LogP contribution in [0.3, 0.4) is 0 Å². The molecular weight excluding hydrogens is 264 g/mol. The molecule has 108 valence electrons. The number of aliphatic imine (C=N–C) groups is 1. The van der Waals surface area contributed by atoms with Gasteiger partial charge in [0.2, 0.25) is 0 Å². The van der Waals surface area contributed by atoms with Crippen molar-refractivity contribution in [2.75, 3.05) is 20.2 Å². The van der Waals surface area contributed by atoms with Crippen LogP contribution in [0.15, 0.2) is 53.5 Å². The molecule has 0 fully saturated rings. The third-order valence-corrected chi connectivity index (χ3v) is 3.33. The van der Waals surface area contributed by atoms with E-state index in [1.54, 1.807) is 7.11 Å². The van der Waals surface area contributed by atoms with Crippen molar-refractivity contribution in [2.45, 2.75) is 6.42 Å². The Bertz CT molecular complexity index is 635. The van der Waals surface area contributed by atoms with Gasteiger partial charge in [0.15, 0.2) is 0 Å². The molecule has 0 radical (unpaired) electrons. The van der Waals surface area contributed by atoms with Gasteiger partial charge in [-0.25, -0.2) is 0 Å². The maximum atomic E-state index is 5.99. The fourth-order valence-electron chi connectivity index (χ4n) is 2.24. The van der Waals surface area contributed by atoms with Gasteiger partial charge >= 0.3 is 0 Å². The van der Waals surface area contributed by atoms with Gasteiger partial charge in [-0.2, -0.15) is 0 Å². The summed E-state index contributed by atoms with van der Waals surface area (Å²) in [5, 5.41) is 3.33. The van der Waals surface area contributed by atoms with E-state index in [0.29, 0.717) is 0 Å². The maximum absolute atomic E-state index is 5.99. The molecule has 4 nitrogen and oxygen atoms in total. The van der Waals surface area contributed by atoms with Crippen LogP contribution in [0, 0.1) is 0 Å². The lowest BCUT2D eigenvalue weighted by Crippen LogP contribution is -2.30. The molecule has 0 amide bonds. The van der Waals surface area contributed by atoms with E-state index in [1.807, 2.05) is 48.5 Å². The number of benzene rings is 2. The number of nitrogens with one attached hydrogen (secondary N) is 1. The highest BCUT2D eigenvalue weighted by Crippen LogP contribution is 2.27. The highest BCUT2D eigenvalue weighted by molar-refractivity contribution is 6.01. The minimum absolute atomic E-state index is 0.777. The summed E-state index contributed by atoms with van der Waals surface area (Å²) in [5.74, 6) is 3.30. The highest BCUT2D eigenvalue weighted by Gasteiger charge is 2.12. The molecule has 0 aromatic heterocycles. The Morgan fingerprint density at radius 2 is 1.76 bits per heavy atom. The second-order valence-electron chi connectivity index (χ2n) is 4.78. The number of ether oxygens (including phenoxy) is 2. The molecule has 0 aliphatic carbocycles. The van der Waals surface area contributed by atoms with Crippen molar-refractivity contribution in [2.24, 2.45) is 4.99 Å². The number of hydrogen-bond donors (Lipinski definition) is 1. The minimum atomic E-state index is 0.777. The van der Waals surface area contributed by atoms with Crippen molar-refractivity contribution in [1.82, 2.24) is 5.32 Å². The molecule has 1 aliphatic rings. The summed E-state index contributed by atoms with van der Waals surface area (Å²) in [5.41, 5.74) is 0.994. The molecule has 0 saturated heterocycles. The Kier molecular flexibility index (Phi) is 4.05. The van der Waals surface area contributed by atoms with Gasteiger partial charge in [-0.1, -0.05) is 12.1 Å². The predicted molar refractivity (Wildman–Crippen MR) is 83.5 cm³/mol. The number of methoxy groups -OCH3 is 1. The summed E-state index contributed by atoms with van der Waals surface area (Å²) in [6.45, 7) is 1.81. The lowest BCUT2D eigenvalue weighted by Gasteiger charge is -2.17. The Labute approximate surface area is 124 Å². The van der Waals surface area contributed by atoms with Crippen LogP contribution in [0.1, 0.15) is 12.0 Å². The van der Waals surface area contributed by atoms with Crippen LogP contribution in [0.2, 0.25) is 0 Å². The summed E-state index contributed by atoms with van der Waals surface area (Å²) in [6.07, 6.45) is 1.07. The number of nitrogens with zero attached hydrogens (tertiary/aromatic N) is 1. The van der Waals surface area contributed by atoms with Gasteiger partial charge in [0, 0.05) is 13.1 Å². The van der Waals surface area contributed by atoms with Crippen LogP contribution >= 0.6 is 0 Å². The molecule has 2 aromatic rings. The van der Waals surface area contributed by atoms with Crippen molar-refractivity contribution < 1.29 is 9.47 Å². The molecule has 0 saturated carbocycles. The van der Waals surface area contributed by atoms with Crippen LogP contribution in [-0.2, 0) is 0 Å². The van der Waals surface area contributed by atoms with E-state index in [9.17, 15) is 0 Å². The molecule has 4 heteroatoms. The van der Waals surface area contributed by atoms with Gasteiger partial charge in [-0.15, -0.1) is 0 Å². The molecule has 0 atom stereocenters. The quantitative estimate of drug-likeness (QED) is 0.936. The van der Waals surface area contributed by atoms with E-state index in [0.717, 1.165) is 48.2 Å². The number of amidine groups is 1. The maximum Gasteiger partial charge on any atom is 0.138 e.